The normalized spacial score (nSPS) is 11.3. The Morgan fingerprint density at radius 1 is 1.39 bits per heavy atom. The lowest BCUT2D eigenvalue weighted by Crippen LogP contribution is -2.31. The van der Waals surface area contributed by atoms with Gasteiger partial charge in [-0.3, -0.25) is 4.79 Å². The van der Waals surface area contributed by atoms with Crippen LogP contribution in [0, 0.1) is 6.92 Å². The summed E-state index contributed by atoms with van der Waals surface area (Å²) in [4.78, 5) is 13.5. The third kappa shape index (κ3) is 4.42. The van der Waals surface area contributed by atoms with Crippen molar-refractivity contribution in [1.29, 1.82) is 0 Å². The minimum absolute atomic E-state index is 0.0255. The fourth-order valence-corrected chi connectivity index (χ4v) is 2.33. The van der Waals surface area contributed by atoms with Crippen molar-refractivity contribution in [3.05, 3.63) is 33.8 Å². The van der Waals surface area contributed by atoms with Gasteiger partial charge in [0.1, 0.15) is 9.84 Å². The molecule has 1 aromatic rings. The zero-order chi connectivity index (χ0) is 13.9. The third-order valence-corrected chi connectivity index (χ3v) is 4.34. The van der Waals surface area contributed by atoms with E-state index in [0.717, 1.165) is 16.3 Å². The van der Waals surface area contributed by atoms with Crippen LogP contribution in [0.15, 0.2) is 22.7 Å². The summed E-state index contributed by atoms with van der Waals surface area (Å²) in [6.07, 6.45) is 1.16. The first kappa shape index (κ1) is 15.2. The second kappa shape index (κ2) is 5.84. The van der Waals surface area contributed by atoms with Gasteiger partial charge in [-0.25, -0.2) is 8.42 Å². The van der Waals surface area contributed by atoms with Crippen LogP contribution in [0.3, 0.4) is 0 Å². The Labute approximate surface area is 116 Å². The predicted molar refractivity (Wildman–Crippen MR) is 75.6 cm³/mol. The van der Waals surface area contributed by atoms with Gasteiger partial charge in [-0.2, -0.15) is 0 Å². The Hall–Kier alpha value is -0.880. The molecule has 0 fully saturated rings. The molecule has 100 valence electrons. The maximum absolute atomic E-state index is 12.0. The van der Waals surface area contributed by atoms with Crippen molar-refractivity contribution in [2.75, 3.05) is 25.6 Å². The van der Waals surface area contributed by atoms with Crippen LogP contribution >= 0.6 is 15.9 Å². The minimum Gasteiger partial charge on any atom is -0.341 e. The van der Waals surface area contributed by atoms with Gasteiger partial charge in [0.2, 0.25) is 0 Å². The van der Waals surface area contributed by atoms with Crippen LogP contribution in [0.5, 0.6) is 0 Å². The predicted octanol–water partition coefficient (Wildman–Crippen LogP) is 1.87. The molecule has 0 N–H and O–H groups in total. The maximum Gasteiger partial charge on any atom is 0.253 e. The van der Waals surface area contributed by atoms with Gasteiger partial charge in [0, 0.05) is 29.9 Å². The molecule has 0 atom stereocenters. The van der Waals surface area contributed by atoms with Crippen LogP contribution in [0.4, 0.5) is 0 Å². The molecule has 0 unspecified atom stereocenters. The van der Waals surface area contributed by atoms with Crippen molar-refractivity contribution in [3.63, 3.8) is 0 Å². The zero-order valence-electron chi connectivity index (χ0n) is 10.6. The second-order valence-electron chi connectivity index (χ2n) is 4.32. The SMILES string of the molecule is Cc1ccc(C(=O)N(C)CCS(C)(=O)=O)cc1Br. The molecule has 0 aliphatic heterocycles. The van der Waals surface area contributed by atoms with Gasteiger partial charge < -0.3 is 4.90 Å². The van der Waals surface area contributed by atoms with Gasteiger partial charge in [-0.05, 0) is 24.6 Å². The van der Waals surface area contributed by atoms with Crippen LogP contribution in [0.1, 0.15) is 15.9 Å². The zero-order valence-corrected chi connectivity index (χ0v) is 13.0. The van der Waals surface area contributed by atoms with E-state index in [9.17, 15) is 13.2 Å². The molecule has 0 bridgehead atoms. The molecule has 0 heterocycles. The number of carbonyl (C=O) groups is 1. The van der Waals surface area contributed by atoms with Gasteiger partial charge in [-0.15, -0.1) is 0 Å². The van der Waals surface area contributed by atoms with E-state index in [4.69, 9.17) is 0 Å². The molecule has 0 aromatic heterocycles. The molecule has 4 nitrogen and oxygen atoms in total. The summed E-state index contributed by atoms with van der Waals surface area (Å²) in [5.74, 6) is -0.207. The molecule has 1 rings (SSSR count). The summed E-state index contributed by atoms with van der Waals surface area (Å²) < 4.78 is 23.0. The van der Waals surface area contributed by atoms with Gasteiger partial charge in [0.25, 0.3) is 5.91 Å². The van der Waals surface area contributed by atoms with Crippen molar-refractivity contribution in [2.24, 2.45) is 0 Å². The highest BCUT2D eigenvalue weighted by molar-refractivity contribution is 9.10. The van der Waals surface area contributed by atoms with Gasteiger partial charge >= 0.3 is 0 Å². The molecular formula is C12H16BrNO3S. The summed E-state index contributed by atoms with van der Waals surface area (Å²) >= 11 is 3.37. The van der Waals surface area contributed by atoms with Crippen LogP contribution in [-0.4, -0.2) is 44.8 Å². The molecule has 6 heteroatoms. The highest BCUT2D eigenvalue weighted by Gasteiger charge is 2.14. The lowest BCUT2D eigenvalue weighted by Gasteiger charge is -2.17. The number of nitrogens with zero attached hydrogens (tertiary/aromatic N) is 1. The van der Waals surface area contributed by atoms with Gasteiger partial charge in [0.15, 0.2) is 0 Å². The number of benzene rings is 1. The molecule has 0 spiro atoms. The number of sulfone groups is 1. The topological polar surface area (TPSA) is 54.5 Å². The fraction of sp³-hybridized carbons (Fsp3) is 0.417. The molecule has 0 aliphatic carbocycles. The summed E-state index contributed by atoms with van der Waals surface area (Å²) in [7, 11) is -1.45. The van der Waals surface area contributed by atoms with E-state index in [0.29, 0.717) is 5.56 Å². The van der Waals surface area contributed by atoms with Crippen molar-refractivity contribution >= 4 is 31.7 Å². The van der Waals surface area contributed by atoms with Crippen molar-refractivity contribution in [3.8, 4) is 0 Å². The Balaban J connectivity index is 2.77. The van der Waals surface area contributed by atoms with E-state index < -0.39 is 9.84 Å². The highest BCUT2D eigenvalue weighted by Crippen LogP contribution is 2.18. The number of rotatable bonds is 4. The maximum atomic E-state index is 12.0. The van der Waals surface area contributed by atoms with Crippen LogP contribution in [0.25, 0.3) is 0 Å². The van der Waals surface area contributed by atoms with E-state index in [1.807, 2.05) is 13.0 Å². The first-order valence-corrected chi connectivity index (χ1v) is 8.25. The van der Waals surface area contributed by atoms with Crippen LogP contribution in [0.2, 0.25) is 0 Å². The molecule has 0 radical (unpaired) electrons. The first-order valence-electron chi connectivity index (χ1n) is 5.40. The molecule has 0 saturated heterocycles. The molecule has 1 aromatic carbocycles. The number of carbonyl (C=O) groups excluding carboxylic acids is 1. The number of amides is 1. The van der Waals surface area contributed by atoms with E-state index >= 15 is 0 Å². The lowest BCUT2D eigenvalue weighted by molar-refractivity contribution is 0.0803. The highest BCUT2D eigenvalue weighted by atomic mass is 79.9. The average Bonchev–Trinajstić information content (AvgIpc) is 2.27. The summed E-state index contributed by atoms with van der Waals surface area (Å²) in [6.45, 7) is 2.13. The molecular weight excluding hydrogens is 318 g/mol. The van der Waals surface area contributed by atoms with Crippen molar-refractivity contribution in [2.45, 2.75) is 6.92 Å². The Bertz CT molecular complexity index is 554. The largest absolute Gasteiger partial charge is 0.341 e. The van der Waals surface area contributed by atoms with Crippen LogP contribution in [-0.2, 0) is 9.84 Å². The van der Waals surface area contributed by atoms with E-state index in [1.165, 1.54) is 4.90 Å². The fourth-order valence-electron chi connectivity index (χ4n) is 1.35. The second-order valence-corrected chi connectivity index (χ2v) is 7.43. The number of hydrogen-bond acceptors (Lipinski definition) is 3. The number of halogens is 1. The summed E-state index contributed by atoms with van der Waals surface area (Å²) in [6, 6.07) is 5.33. The van der Waals surface area contributed by atoms with E-state index in [-0.39, 0.29) is 18.2 Å². The monoisotopic (exact) mass is 333 g/mol. The van der Waals surface area contributed by atoms with E-state index in [2.05, 4.69) is 15.9 Å². The Morgan fingerprint density at radius 3 is 2.50 bits per heavy atom. The number of hydrogen-bond donors (Lipinski definition) is 0. The lowest BCUT2D eigenvalue weighted by atomic mass is 10.1. The van der Waals surface area contributed by atoms with Gasteiger partial charge in [0.05, 0.1) is 5.75 Å². The molecule has 18 heavy (non-hydrogen) atoms. The Kier molecular flexibility index (Phi) is 4.92. The summed E-state index contributed by atoms with van der Waals surface area (Å²) in [5, 5.41) is 0. The Morgan fingerprint density at radius 2 is 2.00 bits per heavy atom. The van der Waals surface area contributed by atoms with Crippen molar-refractivity contribution in [1.82, 2.24) is 4.90 Å². The molecule has 1 amide bonds. The smallest absolute Gasteiger partial charge is 0.253 e. The van der Waals surface area contributed by atoms with Crippen LogP contribution < -0.4 is 0 Å². The minimum atomic E-state index is -3.05. The van der Waals surface area contributed by atoms with E-state index in [1.54, 1.807) is 19.2 Å². The third-order valence-electron chi connectivity index (χ3n) is 2.56. The average molecular weight is 334 g/mol. The molecule has 0 saturated carbocycles. The molecule has 0 aliphatic rings. The van der Waals surface area contributed by atoms with Crippen molar-refractivity contribution < 1.29 is 13.2 Å². The standard InChI is InChI=1S/C12H16BrNO3S/c1-9-4-5-10(8-11(9)13)12(15)14(2)6-7-18(3,16)17/h4-5,8H,6-7H2,1-3H3. The number of aryl methyl sites for hydroxylation is 1. The summed E-state index contributed by atoms with van der Waals surface area (Å²) in [5.41, 5.74) is 1.59. The quantitative estimate of drug-likeness (QED) is 0.845. The van der Waals surface area contributed by atoms with Gasteiger partial charge in [-0.1, -0.05) is 22.0 Å². The first-order chi connectivity index (χ1) is 8.20.